The molecule has 0 aromatic rings. The molecule has 0 aromatic heterocycles. The minimum absolute atomic E-state index is 0.0788. The molecule has 1 heterocycles. The summed E-state index contributed by atoms with van der Waals surface area (Å²) in [5, 5.41) is 3.29. The van der Waals surface area contributed by atoms with Gasteiger partial charge in [-0.25, -0.2) is 0 Å². The van der Waals surface area contributed by atoms with Crippen molar-refractivity contribution >= 4 is 5.91 Å². The van der Waals surface area contributed by atoms with Crippen LogP contribution in [0.25, 0.3) is 10.4 Å². The van der Waals surface area contributed by atoms with Crippen LogP contribution in [0.3, 0.4) is 0 Å². The van der Waals surface area contributed by atoms with Gasteiger partial charge in [0.2, 0.25) is 5.91 Å². The van der Waals surface area contributed by atoms with Crippen LogP contribution in [-0.2, 0) is 9.53 Å². The summed E-state index contributed by atoms with van der Waals surface area (Å²) in [6.07, 6.45) is 0. The Balaban J connectivity index is 2.42. The summed E-state index contributed by atoms with van der Waals surface area (Å²) < 4.78 is 5.38. The predicted octanol–water partition coefficient (Wildman–Crippen LogP) is 1.43. The highest BCUT2D eigenvalue weighted by atomic mass is 16.5. The Kier molecular flexibility index (Phi) is 5.08. The second-order valence-electron chi connectivity index (χ2n) is 4.08. The molecule has 0 unspecified atom stereocenters. The van der Waals surface area contributed by atoms with Crippen LogP contribution < -0.4 is 0 Å². The van der Waals surface area contributed by atoms with Crippen molar-refractivity contribution in [2.24, 2.45) is 17.0 Å². The monoisotopic (exact) mass is 226 g/mol. The summed E-state index contributed by atoms with van der Waals surface area (Å²) in [5.41, 5.74) is 8.15. The van der Waals surface area contributed by atoms with E-state index in [2.05, 4.69) is 16.9 Å². The molecule has 2 atom stereocenters. The molecular formula is C10H18N4O2. The van der Waals surface area contributed by atoms with Crippen LogP contribution in [0.2, 0.25) is 0 Å². The maximum Gasteiger partial charge on any atom is 0.228 e. The third-order valence-corrected chi connectivity index (χ3v) is 2.93. The maximum absolute atomic E-state index is 11.6. The molecule has 6 nitrogen and oxygen atoms in total. The lowest BCUT2D eigenvalue weighted by molar-refractivity contribution is -0.128. The van der Waals surface area contributed by atoms with Gasteiger partial charge in [-0.15, -0.1) is 0 Å². The lowest BCUT2D eigenvalue weighted by Crippen LogP contribution is -2.31. The van der Waals surface area contributed by atoms with Gasteiger partial charge in [0.15, 0.2) is 0 Å². The molecule has 1 amide bonds. The van der Waals surface area contributed by atoms with E-state index in [-0.39, 0.29) is 12.5 Å². The second-order valence-corrected chi connectivity index (χ2v) is 4.08. The third-order valence-electron chi connectivity index (χ3n) is 2.93. The number of ether oxygens (including phenoxy) is 1. The average Bonchev–Trinajstić information content (AvgIpc) is 2.65. The van der Waals surface area contributed by atoms with Gasteiger partial charge in [-0.3, -0.25) is 4.79 Å². The van der Waals surface area contributed by atoms with E-state index in [1.54, 1.807) is 4.90 Å². The van der Waals surface area contributed by atoms with Crippen LogP contribution in [0.15, 0.2) is 5.11 Å². The third kappa shape index (κ3) is 3.40. The molecule has 90 valence electrons. The highest BCUT2D eigenvalue weighted by molar-refractivity contribution is 5.78. The Bertz CT molecular complexity index is 289. The summed E-state index contributed by atoms with van der Waals surface area (Å²) in [5.74, 6) is 0.750. The summed E-state index contributed by atoms with van der Waals surface area (Å²) >= 11 is 0. The summed E-state index contributed by atoms with van der Waals surface area (Å²) in [6.45, 7) is 6.84. The molecule has 1 aliphatic rings. The molecule has 1 fully saturated rings. The number of likely N-dealkylation sites (tertiary alicyclic amines) is 1. The fourth-order valence-electron chi connectivity index (χ4n) is 1.92. The number of rotatable bonds is 5. The number of azide groups is 1. The molecule has 6 heteroatoms. The molecule has 0 N–H and O–H groups in total. The number of carbonyl (C=O) groups is 1. The maximum atomic E-state index is 11.6. The van der Waals surface area contributed by atoms with E-state index in [9.17, 15) is 4.79 Å². The summed E-state index contributed by atoms with van der Waals surface area (Å²) in [7, 11) is 0. The van der Waals surface area contributed by atoms with Gasteiger partial charge in [-0.05, 0) is 18.4 Å². The minimum atomic E-state index is -0.0938. The molecule has 1 saturated heterocycles. The Labute approximate surface area is 95.2 Å². The van der Waals surface area contributed by atoms with Crippen LogP contribution in [-0.4, -0.2) is 43.7 Å². The molecule has 0 spiro atoms. The van der Waals surface area contributed by atoms with Gasteiger partial charge in [0, 0.05) is 30.5 Å². The van der Waals surface area contributed by atoms with Crippen molar-refractivity contribution in [3.63, 3.8) is 0 Å². The van der Waals surface area contributed by atoms with Crippen molar-refractivity contribution in [2.75, 3.05) is 32.8 Å². The lowest BCUT2D eigenvalue weighted by atomic mass is 9.99. The van der Waals surface area contributed by atoms with Crippen LogP contribution in [0.1, 0.15) is 13.8 Å². The molecule has 1 rings (SSSR count). The normalized spacial score (nSPS) is 24.2. The Morgan fingerprint density at radius 3 is 3.00 bits per heavy atom. The zero-order valence-corrected chi connectivity index (χ0v) is 9.80. The van der Waals surface area contributed by atoms with Gasteiger partial charge in [-0.2, -0.15) is 0 Å². The number of hydrogen-bond acceptors (Lipinski definition) is 3. The predicted molar refractivity (Wildman–Crippen MR) is 59.7 cm³/mol. The molecular weight excluding hydrogens is 208 g/mol. The van der Waals surface area contributed by atoms with E-state index >= 15 is 0 Å². The average molecular weight is 226 g/mol. The Morgan fingerprint density at radius 2 is 2.38 bits per heavy atom. The number of amides is 1. The quantitative estimate of drug-likeness (QED) is 0.404. The first-order valence-corrected chi connectivity index (χ1v) is 5.55. The zero-order valence-electron chi connectivity index (χ0n) is 9.80. The first-order chi connectivity index (χ1) is 7.69. The summed E-state index contributed by atoms with van der Waals surface area (Å²) in [6, 6.07) is 0. The van der Waals surface area contributed by atoms with Crippen LogP contribution >= 0.6 is 0 Å². The molecule has 0 aromatic carbocycles. The van der Waals surface area contributed by atoms with E-state index in [0.717, 1.165) is 6.54 Å². The number of nitrogens with zero attached hydrogens (tertiary/aromatic N) is 4. The van der Waals surface area contributed by atoms with Gasteiger partial charge < -0.3 is 9.64 Å². The first-order valence-electron chi connectivity index (χ1n) is 5.55. The van der Waals surface area contributed by atoms with E-state index in [4.69, 9.17) is 10.3 Å². The minimum Gasteiger partial charge on any atom is -0.381 e. The molecule has 0 bridgehead atoms. The largest absolute Gasteiger partial charge is 0.381 e. The van der Waals surface area contributed by atoms with Gasteiger partial charge in [-0.1, -0.05) is 12.0 Å². The van der Waals surface area contributed by atoms with Crippen LogP contribution in [0, 0.1) is 11.8 Å². The zero-order chi connectivity index (χ0) is 12.0. The Morgan fingerprint density at radius 1 is 1.62 bits per heavy atom. The van der Waals surface area contributed by atoms with E-state index in [1.807, 2.05) is 6.92 Å². The lowest BCUT2D eigenvalue weighted by Gasteiger charge is -2.15. The number of hydrogen-bond donors (Lipinski definition) is 0. The molecule has 0 radical (unpaired) electrons. The van der Waals surface area contributed by atoms with Crippen molar-refractivity contribution in [1.29, 1.82) is 0 Å². The molecule has 0 saturated carbocycles. The van der Waals surface area contributed by atoms with Gasteiger partial charge in [0.1, 0.15) is 6.54 Å². The van der Waals surface area contributed by atoms with Gasteiger partial charge >= 0.3 is 0 Å². The van der Waals surface area contributed by atoms with E-state index < -0.39 is 0 Å². The van der Waals surface area contributed by atoms with Crippen molar-refractivity contribution in [3.05, 3.63) is 10.4 Å². The first kappa shape index (κ1) is 12.8. The Hall–Kier alpha value is -1.26. The van der Waals surface area contributed by atoms with Crippen molar-refractivity contribution < 1.29 is 9.53 Å². The molecule has 16 heavy (non-hydrogen) atoms. The van der Waals surface area contributed by atoms with E-state index in [1.165, 1.54) is 0 Å². The second kappa shape index (κ2) is 6.35. The highest BCUT2D eigenvalue weighted by Gasteiger charge is 2.31. The molecule has 0 aliphatic carbocycles. The number of carbonyl (C=O) groups excluding carboxylic acids is 1. The molecule has 1 aliphatic heterocycles. The summed E-state index contributed by atoms with van der Waals surface area (Å²) in [4.78, 5) is 15.9. The van der Waals surface area contributed by atoms with Crippen molar-refractivity contribution in [3.8, 4) is 0 Å². The standard InChI is InChI=1S/C10H18N4O2/c1-3-16-7-9-6-14(5-8(9)2)10(15)4-12-13-11/h8-9H,3-7H2,1-2H3/t8-,9+/m1/s1. The fraction of sp³-hybridized carbons (Fsp3) is 0.900. The van der Waals surface area contributed by atoms with Crippen LogP contribution in [0.5, 0.6) is 0 Å². The van der Waals surface area contributed by atoms with Crippen molar-refractivity contribution in [1.82, 2.24) is 4.90 Å². The van der Waals surface area contributed by atoms with Gasteiger partial charge in [0.25, 0.3) is 0 Å². The topological polar surface area (TPSA) is 78.3 Å². The van der Waals surface area contributed by atoms with E-state index in [0.29, 0.717) is 31.6 Å². The fourth-order valence-corrected chi connectivity index (χ4v) is 1.92. The smallest absolute Gasteiger partial charge is 0.228 e. The van der Waals surface area contributed by atoms with Gasteiger partial charge in [0.05, 0.1) is 6.61 Å². The highest BCUT2D eigenvalue weighted by Crippen LogP contribution is 2.23. The van der Waals surface area contributed by atoms with Crippen molar-refractivity contribution in [2.45, 2.75) is 13.8 Å². The van der Waals surface area contributed by atoms with Crippen LogP contribution in [0.4, 0.5) is 0 Å². The SMILES string of the molecule is CCOC[C@@H]1CN(C(=O)CN=[N+]=[N-])C[C@H]1C.